The monoisotopic (exact) mass is 889 g/mol. The van der Waals surface area contributed by atoms with Crippen LogP contribution >= 0.6 is 0 Å². The molecule has 0 aromatic rings. The summed E-state index contributed by atoms with van der Waals surface area (Å²) in [7, 11) is 0. The Bertz CT molecular complexity index is 1300. The maximum absolute atomic E-state index is 12.8. The van der Waals surface area contributed by atoms with Crippen LogP contribution in [0.2, 0.25) is 0 Å². The molecule has 6 heteroatoms. The molecule has 0 aromatic heterocycles. The predicted molar refractivity (Wildman–Crippen MR) is 274 cm³/mol. The number of carbonyl (C=O) groups is 3. The summed E-state index contributed by atoms with van der Waals surface area (Å²) in [5, 5.41) is 0. The van der Waals surface area contributed by atoms with Gasteiger partial charge in [-0.3, -0.25) is 14.4 Å². The highest BCUT2D eigenvalue weighted by Gasteiger charge is 2.19. The number of hydrogen-bond donors (Lipinski definition) is 0. The Morgan fingerprint density at radius 3 is 1.06 bits per heavy atom. The Morgan fingerprint density at radius 1 is 0.328 bits per heavy atom. The molecule has 0 aliphatic carbocycles. The van der Waals surface area contributed by atoms with Crippen LogP contribution in [0.5, 0.6) is 0 Å². The fourth-order valence-electron chi connectivity index (χ4n) is 6.93. The molecule has 0 N–H and O–H groups in total. The Balaban J connectivity index is 4.48. The van der Waals surface area contributed by atoms with Gasteiger partial charge in [-0.25, -0.2) is 0 Å². The Kier molecular flexibility index (Phi) is 49.0. The summed E-state index contributed by atoms with van der Waals surface area (Å²) >= 11 is 0. The van der Waals surface area contributed by atoms with Gasteiger partial charge in [0.2, 0.25) is 0 Å². The average molecular weight is 889 g/mol. The zero-order chi connectivity index (χ0) is 46.5. The number of rotatable bonds is 46. The van der Waals surface area contributed by atoms with Gasteiger partial charge in [-0.15, -0.1) is 0 Å². The van der Waals surface area contributed by atoms with Crippen LogP contribution in [-0.4, -0.2) is 37.2 Å². The lowest BCUT2D eigenvalue weighted by atomic mass is 10.1. The van der Waals surface area contributed by atoms with Crippen molar-refractivity contribution in [2.45, 2.75) is 239 Å². The van der Waals surface area contributed by atoms with Crippen LogP contribution in [0.1, 0.15) is 233 Å². The summed E-state index contributed by atoms with van der Waals surface area (Å²) < 4.78 is 16.7. The number of allylic oxidation sites excluding steroid dienone is 16. The van der Waals surface area contributed by atoms with Crippen molar-refractivity contribution in [2.75, 3.05) is 13.2 Å². The third-order valence-electron chi connectivity index (χ3n) is 10.8. The number of carbonyl (C=O) groups excluding carboxylic acids is 3. The first kappa shape index (κ1) is 60.3. The van der Waals surface area contributed by atoms with Crippen molar-refractivity contribution in [2.24, 2.45) is 0 Å². The maximum Gasteiger partial charge on any atom is 0.306 e. The predicted octanol–water partition coefficient (Wildman–Crippen LogP) is 17.4. The molecule has 1 unspecified atom stereocenters. The van der Waals surface area contributed by atoms with Crippen LogP contribution in [-0.2, 0) is 28.6 Å². The van der Waals surface area contributed by atoms with E-state index >= 15 is 0 Å². The topological polar surface area (TPSA) is 78.9 Å². The average Bonchev–Trinajstić information content (AvgIpc) is 3.29. The molecule has 0 rings (SSSR count). The van der Waals surface area contributed by atoms with Gasteiger partial charge in [-0.2, -0.15) is 0 Å². The molecule has 0 fully saturated rings. The first-order chi connectivity index (χ1) is 31.5. The Hall–Kier alpha value is -3.67. The Labute approximate surface area is 394 Å². The van der Waals surface area contributed by atoms with Gasteiger partial charge < -0.3 is 14.2 Å². The van der Waals surface area contributed by atoms with E-state index in [0.29, 0.717) is 19.3 Å². The van der Waals surface area contributed by atoms with Crippen LogP contribution in [0.15, 0.2) is 97.2 Å². The molecule has 0 bridgehead atoms. The van der Waals surface area contributed by atoms with Gasteiger partial charge in [0.15, 0.2) is 6.10 Å². The summed E-state index contributed by atoms with van der Waals surface area (Å²) in [5.74, 6) is -1.02. The number of ether oxygens (including phenoxy) is 3. The minimum Gasteiger partial charge on any atom is -0.462 e. The summed E-state index contributed by atoms with van der Waals surface area (Å²) in [6.07, 6.45) is 68.4. The van der Waals surface area contributed by atoms with E-state index in [0.717, 1.165) is 103 Å². The van der Waals surface area contributed by atoms with Crippen LogP contribution in [0.3, 0.4) is 0 Å². The highest BCUT2D eigenvalue weighted by molar-refractivity contribution is 5.71. The molecule has 0 heterocycles. The third-order valence-corrected chi connectivity index (χ3v) is 10.8. The second-order valence-corrected chi connectivity index (χ2v) is 17.0. The summed E-state index contributed by atoms with van der Waals surface area (Å²) in [6, 6.07) is 0. The van der Waals surface area contributed by atoms with Gasteiger partial charge in [0.05, 0.1) is 0 Å². The van der Waals surface area contributed by atoms with Crippen molar-refractivity contribution in [3.05, 3.63) is 97.2 Å². The molecule has 0 saturated heterocycles. The lowest BCUT2D eigenvalue weighted by Crippen LogP contribution is -2.30. The number of hydrogen-bond acceptors (Lipinski definition) is 6. The summed E-state index contributed by atoms with van der Waals surface area (Å²) in [5.41, 5.74) is 0. The fourth-order valence-corrected chi connectivity index (χ4v) is 6.93. The minimum atomic E-state index is -0.817. The van der Waals surface area contributed by atoms with Crippen LogP contribution in [0.25, 0.3) is 0 Å². The zero-order valence-corrected chi connectivity index (χ0v) is 41.5. The molecule has 0 radical (unpaired) electrons. The van der Waals surface area contributed by atoms with Crippen molar-refractivity contribution < 1.29 is 28.6 Å². The van der Waals surface area contributed by atoms with Crippen molar-refractivity contribution in [3.8, 4) is 0 Å². The van der Waals surface area contributed by atoms with Gasteiger partial charge in [-0.1, -0.05) is 208 Å². The molecule has 364 valence electrons. The lowest BCUT2D eigenvalue weighted by molar-refractivity contribution is -0.166. The van der Waals surface area contributed by atoms with E-state index in [1.807, 2.05) is 12.2 Å². The largest absolute Gasteiger partial charge is 0.462 e. The molecule has 0 aliphatic rings. The summed E-state index contributed by atoms with van der Waals surface area (Å²) in [6.45, 7) is 6.32. The zero-order valence-electron chi connectivity index (χ0n) is 41.5. The second-order valence-electron chi connectivity index (χ2n) is 17.0. The molecule has 1 atom stereocenters. The van der Waals surface area contributed by atoms with Gasteiger partial charge in [0.25, 0.3) is 0 Å². The van der Waals surface area contributed by atoms with Crippen molar-refractivity contribution in [3.63, 3.8) is 0 Å². The SMILES string of the molecule is CC/C=C\C/C=C\C/C=C\C/C=C\CCC(=O)OCC(COC(=O)CCCCCCCCC/C=C\CCCCCCCCC)OC(=O)CCCCCCC/C=C\C/C=C\C/C=C\CC. The first-order valence-corrected chi connectivity index (χ1v) is 26.2. The van der Waals surface area contributed by atoms with Gasteiger partial charge in [0.1, 0.15) is 13.2 Å². The van der Waals surface area contributed by atoms with Gasteiger partial charge >= 0.3 is 17.9 Å². The Morgan fingerprint density at radius 2 is 0.641 bits per heavy atom. The van der Waals surface area contributed by atoms with Crippen LogP contribution in [0.4, 0.5) is 0 Å². The molecule has 64 heavy (non-hydrogen) atoms. The molecule has 0 aromatic carbocycles. The molecular formula is C58H96O6. The second kappa shape index (κ2) is 52.0. The van der Waals surface area contributed by atoms with E-state index < -0.39 is 6.10 Å². The van der Waals surface area contributed by atoms with E-state index in [1.54, 1.807) is 0 Å². The van der Waals surface area contributed by atoms with Crippen molar-refractivity contribution in [1.29, 1.82) is 0 Å². The van der Waals surface area contributed by atoms with E-state index in [9.17, 15) is 14.4 Å². The van der Waals surface area contributed by atoms with E-state index in [2.05, 4.69) is 106 Å². The third kappa shape index (κ3) is 49.3. The van der Waals surface area contributed by atoms with E-state index in [4.69, 9.17) is 14.2 Å². The lowest BCUT2D eigenvalue weighted by Gasteiger charge is -2.18. The number of unbranched alkanes of at least 4 members (excludes halogenated alkanes) is 19. The van der Waals surface area contributed by atoms with Crippen LogP contribution < -0.4 is 0 Å². The summed E-state index contributed by atoms with van der Waals surface area (Å²) in [4.78, 5) is 38.0. The van der Waals surface area contributed by atoms with Crippen LogP contribution in [0, 0.1) is 0 Å². The van der Waals surface area contributed by atoms with E-state index in [1.165, 1.54) is 83.5 Å². The first-order valence-electron chi connectivity index (χ1n) is 26.2. The quantitative estimate of drug-likeness (QED) is 0.0262. The van der Waals surface area contributed by atoms with Crippen molar-refractivity contribution >= 4 is 17.9 Å². The number of esters is 3. The molecular weight excluding hydrogens is 793 g/mol. The van der Waals surface area contributed by atoms with Gasteiger partial charge in [-0.05, 0) is 103 Å². The minimum absolute atomic E-state index is 0.110. The normalized spacial score (nSPS) is 12.9. The molecule has 0 aliphatic heterocycles. The maximum atomic E-state index is 12.8. The molecule has 6 nitrogen and oxygen atoms in total. The molecule has 0 saturated carbocycles. The standard InChI is InChI=1S/C58H96O6/c1-4-7-10-13-16-19-22-25-27-28-29-31-33-36-39-42-45-48-51-57(60)63-54-55(53-62-56(59)50-47-44-41-38-35-32-24-21-18-15-12-9-6-3)64-58(61)52-49-46-43-40-37-34-30-26-23-20-17-14-11-8-5-2/h8-9,11-12,17-18,20-21,26-28,30,32,35,41,44,55H,4-7,10,13-16,19,22-25,29,31,33-34,36-40,42-43,45-54H2,1-3H3/b11-8-,12-9-,20-17-,21-18-,28-27-,30-26-,35-32-,44-41-. The molecule has 0 amide bonds. The fraction of sp³-hybridized carbons (Fsp3) is 0.672. The highest BCUT2D eigenvalue weighted by atomic mass is 16.6. The van der Waals surface area contributed by atoms with E-state index in [-0.39, 0.29) is 37.5 Å². The van der Waals surface area contributed by atoms with Crippen molar-refractivity contribution in [1.82, 2.24) is 0 Å². The smallest absolute Gasteiger partial charge is 0.306 e. The highest BCUT2D eigenvalue weighted by Crippen LogP contribution is 2.14. The van der Waals surface area contributed by atoms with Gasteiger partial charge in [0, 0.05) is 19.3 Å². The molecule has 0 spiro atoms.